The first kappa shape index (κ1) is 26.5. The Morgan fingerprint density at radius 2 is 1.46 bits per heavy atom. The molecular formula is C27H22Cl2N2O5S. The van der Waals surface area contributed by atoms with Gasteiger partial charge >= 0.3 is 5.97 Å². The van der Waals surface area contributed by atoms with Crippen molar-refractivity contribution in [2.75, 3.05) is 12.4 Å². The number of aromatic nitrogens is 1. The highest BCUT2D eigenvalue weighted by Crippen LogP contribution is 2.28. The highest BCUT2D eigenvalue weighted by Gasteiger charge is 2.15. The fourth-order valence-corrected chi connectivity index (χ4v) is 4.34. The van der Waals surface area contributed by atoms with Gasteiger partial charge < -0.3 is 14.2 Å². The fourth-order valence-electron chi connectivity index (χ4n) is 3.26. The second kappa shape index (κ2) is 12.6. The number of anilines is 1. The molecule has 0 bridgehead atoms. The van der Waals surface area contributed by atoms with Crippen molar-refractivity contribution >= 4 is 51.5 Å². The lowest BCUT2D eigenvalue weighted by atomic mass is 10.2. The largest absolute Gasteiger partial charge is 0.489 e. The molecule has 37 heavy (non-hydrogen) atoms. The van der Waals surface area contributed by atoms with E-state index in [1.54, 1.807) is 35.7 Å². The number of carbonyl (C=O) groups excluding carboxylic acids is 2. The summed E-state index contributed by atoms with van der Waals surface area (Å²) in [4.78, 5) is 28.8. The van der Waals surface area contributed by atoms with Crippen molar-refractivity contribution in [3.05, 3.63) is 105 Å². The Bertz CT molecular complexity index is 1340. The summed E-state index contributed by atoms with van der Waals surface area (Å²) in [6.07, 6.45) is 0.0221. The molecule has 10 heteroatoms. The third-order valence-electron chi connectivity index (χ3n) is 5.17. The average Bonchev–Trinajstić information content (AvgIpc) is 3.34. The molecule has 0 aliphatic carbocycles. The Labute approximate surface area is 227 Å². The maximum absolute atomic E-state index is 13.1. The van der Waals surface area contributed by atoms with Gasteiger partial charge in [-0.2, -0.15) is 0 Å². The lowest BCUT2D eigenvalue weighted by Gasteiger charge is -2.13. The molecule has 1 amide bonds. The van der Waals surface area contributed by atoms with Gasteiger partial charge in [0.05, 0.1) is 19.2 Å². The zero-order valence-corrected chi connectivity index (χ0v) is 22.0. The van der Waals surface area contributed by atoms with Gasteiger partial charge in [0, 0.05) is 38.2 Å². The van der Waals surface area contributed by atoms with Crippen molar-refractivity contribution in [2.24, 2.45) is 0 Å². The number of thiazole rings is 1. The number of halogens is 2. The molecule has 4 rings (SSSR count). The molecule has 7 nitrogen and oxygen atoms in total. The van der Waals surface area contributed by atoms with Crippen LogP contribution in [0.4, 0.5) is 5.13 Å². The van der Waals surface area contributed by atoms with Crippen LogP contribution in [0, 0.1) is 0 Å². The van der Waals surface area contributed by atoms with Crippen LogP contribution in [0.15, 0.2) is 72.1 Å². The number of nitrogens with zero attached hydrogens (tertiary/aromatic N) is 1. The van der Waals surface area contributed by atoms with Gasteiger partial charge in [0.2, 0.25) is 0 Å². The van der Waals surface area contributed by atoms with Gasteiger partial charge in [-0.3, -0.25) is 14.9 Å². The first-order valence-electron chi connectivity index (χ1n) is 11.1. The summed E-state index contributed by atoms with van der Waals surface area (Å²) in [5.41, 5.74) is 2.42. The van der Waals surface area contributed by atoms with Gasteiger partial charge in [0.25, 0.3) is 5.91 Å². The Kier molecular flexibility index (Phi) is 9.00. The molecular weight excluding hydrogens is 535 g/mol. The van der Waals surface area contributed by atoms with Crippen LogP contribution < -0.4 is 14.8 Å². The van der Waals surface area contributed by atoms with Crippen molar-refractivity contribution in [3.63, 3.8) is 0 Å². The quantitative estimate of drug-likeness (QED) is 0.222. The molecule has 4 aromatic rings. The van der Waals surface area contributed by atoms with Crippen LogP contribution in [0.1, 0.15) is 27.2 Å². The monoisotopic (exact) mass is 556 g/mol. The van der Waals surface area contributed by atoms with E-state index in [1.807, 2.05) is 36.4 Å². The first-order valence-corrected chi connectivity index (χ1v) is 12.7. The van der Waals surface area contributed by atoms with Gasteiger partial charge in [-0.25, -0.2) is 4.98 Å². The Balaban J connectivity index is 1.53. The van der Waals surface area contributed by atoms with Gasteiger partial charge in [-0.1, -0.05) is 59.6 Å². The normalized spacial score (nSPS) is 10.6. The predicted octanol–water partition coefficient (Wildman–Crippen LogP) is 6.58. The van der Waals surface area contributed by atoms with Crippen LogP contribution in [0.5, 0.6) is 11.5 Å². The number of esters is 1. The number of rotatable bonds is 10. The Hall–Kier alpha value is -3.59. The number of methoxy groups -OCH3 is 1. The first-order chi connectivity index (χ1) is 17.9. The smallest absolute Gasteiger partial charge is 0.311 e. The van der Waals surface area contributed by atoms with E-state index in [4.69, 9.17) is 32.7 Å². The summed E-state index contributed by atoms with van der Waals surface area (Å²) in [6.45, 7) is 0.413. The van der Waals surface area contributed by atoms with Crippen molar-refractivity contribution in [3.8, 4) is 11.5 Å². The molecule has 1 heterocycles. The van der Waals surface area contributed by atoms with Crippen molar-refractivity contribution in [2.45, 2.75) is 19.6 Å². The molecule has 0 spiro atoms. The number of hydrogen-bond donors (Lipinski definition) is 1. The second-order valence-electron chi connectivity index (χ2n) is 7.80. The number of amides is 1. The van der Waals surface area contributed by atoms with E-state index in [0.29, 0.717) is 37.9 Å². The summed E-state index contributed by atoms with van der Waals surface area (Å²) in [5.74, 6) is 0.0242. The summed E-state index contributed by atoms with van der Waals surface area (Å²) in [7, 11) is 1.31. The summed E-state index contributed by atoms with van der Waals surface area (Å²) >= 11 is 13.7. The van der Waals surface area contributed by atoms with E-state index in [2.05, 4.69) is 15.0 Å². The van der Waals surface area contributed by atoms with Crippen molar-refractivity contribution in [1.29, 1.82) is 0 Å². The number of hydrogen-bond acceptors (Lipinski definition) is 7. The number of ether oxygens (including phenoxy) is 3. The SMILES string of the molecule is COC(=O)Cc1csc(NC(=O)c2cc(OCc3ccccc3Cl)cc(OCc3ccccc3Cl)c2)n1. The molecule has 0 atom stereocenters. The summed E-state index contributed by atoms with van der Waals surface area (Å²) in [6, 6.07) is 19.6. The zero-order valence-electron chi connectivity index (χ0n) is 19.7. The van der Waals surface area contributed by atoms with E-state index >= 15 is 0 Å². The maximum Gasteiger partial charge on any atom is 0.311 e. The third kappa shape index (κ3) is 7.45. The summed E-state index contributed by atoms with van der Waals surface area (Å²) in [5, 5.41) is 5.96. The molecule has 1 N–H and O–H groups in total. The second-order valence-corrected chi connectivity index (χ2v) is 9.48. The molecule has 0 radical (unpaired) electrons. The molecule has 0 aliphatic rings. The van der Waals surface area contributed by atoms with Gasteiger partial charge in [-0.15, -0.1) is 11.3 Å². The molecule has 0 fully saturated rings. The molecule has 0 saturated carbocycles. The highest BCUT2D eigenvalue weighted by atomic mass is 35.5. The number of benzene rings is 3. The Morgan fingerprint density at radius 3 is 2.00 bits per heavy atom. The summed E-state index contributed by atoms with van der Waals surface area (Å²) < 4.78 is 16.6. The predicted molar refractivity (Wildman–Crippen MR) is 144 cm³/mol. The molecule has 0 aliphatic heterocycles. The third-order valence-corrected chi connectivity index (χ3v) is 6.72. The van der Waals surface area contributed by atoms with Gasteiger partial charge in [-0.05, 0) is 24.3 Å². The van der Waals surface area contributed by atoms with E-state index in [1.165, 1.54) is 18.4 Å². The van der Waals surface area contributed by atoms with Gasteiger partial charge in [0.15, 0.2) is 5.13 Å². The minimum Gasteiger partial charge on any atom is -0.489 e. The van der Waals surface area contributed by atoms with E-state index in [0.717, 1.165) is 11.1 Å². The lowest BCUT2D eigenvalue weighted by Crippen LogP contribution is -2.13. The van der Waals surface area contributed by atoms with Crippen LogP contribution in [0.2, 0.25) is 10.0 Å². The molecule has 190 valence electrons. The van der Waals surface area contributed by atoms with Crippen LogP contribution in [-0.4, -0.2) is 24.0 Å². The van der Waals surface area contributed by atoms with Crippen molar-refractivity contribution < 1.29 is 23.8 Å². The standard InChI is InChI=1S/C27H22Cl2N2O5S/c1-34-25(32)12-20-16-37-27(30-20)31-26(33)19-10-21(35-14-17-6-2-4-8-23(17)28)13-22(11-19)36-15-18-7-3-5-9-24(18)29/h2-11,13,16H,12,14-15H2,1H3,(H,30,31,33). The zero-order chi connectivity index (χ0) is 26.2. The van der Waals surface area contributed by atoms with Crippen LogP contribution in [0.25, 0.3) is 0 Å². The average molecular weight is 557 g/mol. The minimum absolute atomic E-state index is 0.0221. The van der Waals surface area contributed by atoms with Crippen LogP contribution in [0.3, 0.4) is 0 Å². The minimum atomic E-state index is -0.412. The fraction of sp³-hybridized carbons (Fsp3) is 0.148. The van der Waals surface area contributed by atoms with E-state index < -0.39 is 11.9 Å². The molecule has 0 saturated heterocycles. The van der Waals surface area contributed by atoms with E-state index in [-0.39, 0.29) is 19.6 Å². The topological polar surface area (TPSA) is 86.8 Å². The Morgan fingerprint density at radius 1 is 0.892 bits per heavy atom. The van der Waals surface area contributed by atoms with Crippen LogP contribution >= 0.6 is 34.5 Å². The lowest BCUT2D eigenvalue weighted by molar-refractivity contribution is -0.139. The van der Waals surface area contributed by atoms with Crippen molar-refractivity contribution in [1.82, 2.24) is 4.98 Å². The van der Waals surface area contributed by atoms with Gasteiger partial charge in [0.1, 0.15) is 24.7 Å². The number of carbonyl (C=O) groups is 2. The highest BCUT2D eigenvalue weighted by molar-refractivity contribution is 7.14. The van der Waals surface area contributed by atoms with Crippen LogP contribution in [-0.2, 0) is 29.2 Å². The molecule has 3 aromatic carbocycles. The maximum atomic E-state index is 13.1. The van der Waals surface area contributed by atoms with E-state index in [9.17, 15) is 9.59 Å². The molecule has 0 unspecified atom stereocenters. The molecule has 1 aromatic heterocycles. The number of nitrogens with one attached hydrogen (secondary N) is 1.